The summed E-state index contributed by atoms with van der Waals surface area (Å²) in [7, 11) is 0. The standard InChI is InChI=1S/C19H28N2O3S/c1-14(2)5-4-6-15(3)10-12-25-19-20-17(23)9-11-21(19)18-8-7-16(13-22)24-18/h5,9-11,16,18,22H,4,6-8,12-13H2,1-3H3/b15-10+/t16?,18-/m1/s1. The molecule has 0 aromatic carbocycles. The third-order valence-corrected chi connectivity index (χ3v) is 5.03. The summed E-state index contributed by atoms with van der Waals surface area (Å²) in [6.45, 7) is 6.39. The van der Waals surface area contributed by atoms with E-state index in [0.29, 0.717) is 5.16 Å². The lowest BCUT2D eigenvalue weighted by Gasteiger charge is -2.18. The van der Waals surface area contributed by atoms with Crippen molar-refractivity contribution in [1.82, 2.24) is 9.55 Å². The Labute approximate surface area is 153 Å². The topological polar surface area (TPSA) is 64.4 Å². The van der Waals surface area contributed by atoms with Crippen LogP contribution in [0.2, 0.25) is 0 Å². The normalized spacial score (nSPS) is 20.7. The highest BCUT2D eigenvalue weighted by Crippen LogP contribution is 2.30. The van der Waals surface area contributed by atoms with Crippen molar-refractivity contribution in [2.75, 3.05) is 12.4 Å². The molecule has 2 heterocycles. The van der Waals surface area contributed by atoms with Crippen molar-refractivity contribution in [3.05, 3.63) is 45.9 Å². The van der Waals surface area contributed by atoms with Crippen LogP contribution in [0.25, 0.3) is 0 Å². The fraction of sp³-hybridized carbons (Fsp3) is 0.579. The number of rotatable bonds is 8. The Bertz CT molecular complexity index is 677. The molecule has 1 saturated heterocycles. The molecule has 1 N–H and O–H groups in total. The van der Waals surface area contributed by atoms with E-state index in [1.165, 1.54) is 17.2 Å². The molecule has 1 aromatic heterocycles. The molecule has 0 bridgehead atoms. The number of nitrogens with zero attached hydrogens (tertiary/aromatic N) is 2. The maximum absolute atomic E-state index is 11.6. The summed E-state index contributed by atoms with van der Waals surface area (Å²) in [5.74, 6) is 0.771. The Morgan fingerprint density at radius 2 is 2.20 bits per heavy atom. The van der Waals surface area contributed by atoms with Crippen LogP contribution >= 0.6 is 11.8 Å². The first-order chi connectivity index (χ1) is 12.0. The van der Waals surface area contributed by atoms with Crippen molar-refractivity contribution in [3.8, 4) is 0 Å². The molecule has 1 aliphatic heterocycles. The van der Waals surface area contributed by atoms with Gasteiger partial charge in [0.1, 0.15) is 6.23 Å². The fourth-order valence-corrected chi connectivity index (χ4v) is 3.70. The van der Waals surface area contributed by atoms with Crippen LogP contribution in [0.3, 0.4) is 0 Å². The van der Waals surface area contributed by atoms with Gasteiger partial charge >= 0.3 is 0 Å². The molecule has 0 saturated carbocycles. The number of allylic oxidation sites excluding steroid dienone is 3. The molecule has 1 fully saturated rings. The van der Waals surface area contributed by atoms with Crippen LogP contribution in [0.4, 0.5) is 0 Å². The molecule has 1 aliphatic rings. The molecular weight excluding hydrogens is 336 g/mol. The third kappa shape index (κ3) is 6.45. The Kier molecular flexibility index (Phi) is 7.93. The summed E-state index contributed by atoms with van der Waals surface area (Å²) in [6, 6.07) is 1.46. The Balaban J connectivity index is 1.98. The van der Waals surface area contributed by atoms with Crippen LogP contribution in [0.1, 0.15) is 52.7 Å². The van der Waals surface area contributed by atoms with E-state index >= 15 is 0 Å². The van der Waals surface area contributed by atoms with Crippen molar-refractivity contribution in [2.24, 2.45) is 0 Å². The van der Waals surface area contributed by atoms with Crippen molar-refractivity contribution in [2.45, 2.75) is 63.9 Å². The van der Waals surface area contributed by atoms with Gasteiger partial charge in [-0.3, -0.25) is 4.79 Å². The van der Waals surface area contributed by atoms with Gasteiger partial charge in [-0.1, -0.05) is 35.1 Å². The average molecular weight is 365 g/mol. The van der Waals surface area contributed by atoms with E-state index in [1.54, 1.807) is 18.0 Å². The summed E-state index contributed by atoms with van der Waals surface area (Å²) < 4.78 is 7.73. The molecular formula is C19H28N2O3S. The Hall–Kier alpha value is -1.37. The van der Waals surface area contributed by atoms with E-state index in [2.05, 4.69) is 37.9 Å². The minimum atomic E-state index is -0.236. The van der Waals surface area contributed by atoms with Crippen molar-refractivity contribution >= 4 is 11.8 Å². The van der Waals surface area contributed by atoms with Gasteiger partial charge in [0.2, 0.25) is 0 Å². The molecule has 2 rings (SSSR count). The summed E-state index contributed by atoms with van der Waals surface area (Å²) in [5.41, 5.74) is 2.45. The van der Waals surface area contributed by atoms with Crippen molar-refractivity contribution < 1.29 is 9.84 Å². The van der Waals surface area contributed by atoms with Crippen LogP contribution < -0.4 is 5.56 Å². The molecule has 2 atom stereocenters. The summed E-state index contributed by atoms with van der Waals surface area (Å²) >= 11 is 1.54. The van der Waals surface area contributed by atoms with Crippen LogP contribution in [-0.4, -0.2) is 33.1 Å². The number of thioether (sulfide) groups is 1. The minimum Gasteiger partial charge on any atom is -0.394 e. The molecule has 1 aromatic rings. The van der Waals surface area contributed by atoms with Gasteiger partial charge in [-0.2, -0.15) is 4.98 Å². The highest BCUT2D eigenvalue weighted by atomic mass is 32.2. The van der Waals surface area contributed by atoms with Crippen LogP contribution in [0, 0.1) is 0 Å². The quantitative estimate of drug-likeness (QED) is 0.433. The largest absolute Gasteiger partial charge is 0.394 e. The third-order valence-electron chi connectivity index (χ3n) is 4.14. The van der Waals surface area contributed by atoms with Crippen LogP contribution in [0.5, 0.6) is 0 Å². The number of aliphatic hydroxyl groups excluding tert-OH is 1. The summed E-state index contributed by atoms with van der Waals surface area (Å²) in [6.07, 6.45) is 9.65. The average Bonchev–Trinajstić information content (AvgIpc) is 3.03. The number of aromatic nitrogens is 2. The Morgan fingerprint density at radius 1 is 1.40 bits per heavy atom. The Morgan fingerprint density at radius 3 is 2.88 bits per heavy atom. The summed E-state index contributed by atoms with van der Waals surface area (Å²) in [5, 5.41) is 9.91. The first kappa shape index (κ1) is 19.9. The molecule has 0 spiro atoms. The zero-order chi connectivity index (χ0) is 18.2. The molecule has 138 valence electrons. The lowest BCUT2D eigenvalue weighted by atomic mass is 10.1. The molecule has 25 heavy (non-hydrogen) atoms. The SMILES string of the molecule is CC(C)=CCC/C(C)=C/CSc1nc(=O)ccn1[C@H]1CCC(CO)O1. The smallest absolute Gasteiger partial charge is 0.273 e. The van der Waals surface area contributed by atoms with Gasteiger partial charge in [-0.15, -0.1) is 0 Å². The fourth-order valence-electron chi connectivity index (χ4n) is 2.70. The van der Waals surface area contributed by atoms with Gasteiger partial charge in [0, 0.05) is 18.0 Å². The lowest BCUT2D eigenvalue weighted by Crippen LogP contribution is -2.19. The predicted octanol–water partition coefficient (Wildman–Crippen LogP) is 3.70. The van der Waals surface area contributed by atoms with Gasteiger partial charge in [-0.25, -0.2) is 0 Å². The van der Waals surface area contributed by atoms with Crippen molar-refractivity contribution in [3.63, 3.8) is 0 Å². The first-order valence-corrected chi connectivity index (χ1v) is 9.75. The second-order valence-corrected chi connectivity index (χ2v) is 7.60. The zero-order valence-electron chi connectivity index (χ0n) is 15.3. The van der Waals surface area contributed by atoms with Gasteiger partial charge in [-0.05, 0) is 46.5 Å². The second-order valence-electron chi connectivity index (χ2n) is 6.61. The highest BCUT2D eigenvalue weighted by Gasteiger charge is 2.27. The van der Waals surface area contributed by atoms with E-state index < -0.39 is 0 Å². The molecule has 1 unspecified atom stereocenters. The van der Waals surface area contributed by atoms with Gasteiger partial charge < -0.3 is 14.4 Å². The minimum absolute atomic E-state index is 0.0280. The first-order valence-electron chi connectivity index (χ1n) is 8.77. The zero-order valence-corrected chi connectivity index (χ0v) is 16.1. The lowest BCUT2D eigenvalue weighted by molar-refractivity contribution is -0.0273. The second kappa shape index (κ2) is 9.94. The number of hydrogen-bond acceptors (Lipinski definition) is 5. The van der Waals surface area contributed by atoms with E-state index in [1.807, 2.05) is 4.57 Å². The predicted molar refractivity (Wildman–Crippen MR) is 102 cm³/mol. The molecule has 5 nitrogen and oxygen atoms in total. The molecule has 6 heteroatoms. The number of ether oxygens (including phenoxy) is 1. The van der Waals surface area contributed by atoms with Gasteiger partial charge in [0.05, 0.1) is 12.7 Å². The molecule has 0 radical (unpaired) electrons. The maximum atomic E-state index is 11.6. The van der Waals surface area contributed by atoms with Crippen LogP contribution in [-0.2, 0) is 4.74 Å². The monoisotopic (exact) mass is 364 g/mol. The molecule has 0 amide bonds. The maximum Gasteiger partial charge on any atom is 0.273 e. The van der Waals surface area contributed by atoms with Gasteiger partial charge in [0.25, 0.3) is 5.56 Å². The van der Waals surface area contributed by atoms with E-state index in [9.17, 15) is 9.90 Å². The van der Waals surface area contributed by atoms with E-state index in [-0.39, 0.29) is 24.5 Å². The van der Waals surface area contributed by atoms with E-state index in [0.717, 1.165) is 31.4 Å². The van der Waals surface area contributed by atoms with Crippen LogP contribution in [0.15, 0.2) is 45.5 Å². The summed E-state index contributed by atoms with van der Waals surface area (Å²) in [4.78, 5) is 15.8. The van der Waals surface area contributed by atoms with Gasteiger partial charge in [0.15, 0.2) is 5.16 Å². The molecule has 0 aliphatic carbocycles. The number of hydrogen-bond donors (Lipinski definition) is 1. The number of aliphatic hydroxyl groups is 1. The van der Waals surface area contributed by atoms with Crippen molar-refractivity contribution in [1.29, 1.82) is 0 Å². The highest BCUT2D eigenvalue weighted by molar-refractivity contribution is 7.99. The van der Waals surface area contributed by atoms with E-state index in [4.69, 9.17) is 4.74 Å².